The number of carbonyl (C=O) groups is 1. The van der Waals surface area contributed by atoms with E-state index in [1.54, 1.807) is 0 Å². The number of aryl methyl sites for hydroxylation is 1. The van der Waals surface area contributed by atoms with Crippen LogP contribution in [0.2, 0.25) is 0 Å². The molecule has 1 aromatic heterocycles. The Bertz CT molecular complexity index is 900. The maximum atomic E-state index is 13.5. The maximum absolute atomic E-state index is 13.5. The topological polar surface area (TPSA) is 56.9 Å². The van der Waals surface area contributed by atoms with Gasteiger partial charge in [0.1, 0.15) is 11.6 Å². The molecule has 0 radical (unpaired) electrons. The Hall–Kier alpha value is -2.89. The zero-order valence-corrected chi connectivity index (χ0v) is 14.5. The van der Waals surface area contributed by atoms with Gasteiger partial charge in [-0.25, -0.2) is 13.6 Å². The number of H-pyrrole nitrogens is 1. The van der Waals surface area contributed by atoms with E-state index in [0.29, 0.717) is 13.0 Å². The smallest absolute Gasteiger partial charge is 0.314 e. The molecule has 0 aliphatic carbocycles. The first kappa shape index (κ1) is 17.9. The van der Waals surface area contributed by atoms with E-state index < -0.39 is 11.6 Å². The quantitative estimate of drug-likeness (QED) is 0.617. The van der Waals surface area contributed by atoms with E-state index in [1.165, 1.54) is 23.8 Å². The average Bonchev–Trinajstić information content (AvgIpc) is 2.99. The normalized spacial score (nSPS) is 10.9. The average molecular weight is 357 g/mol. The summed E-state index contributed by atoms with van der Waals surface area (Å²) in [4.78, 5) is 15.1. The van der Waals surface area contributed by atoms with Gasteiger partial charge in [0.2, 0.25) is 0 Å². The maximum Gasteiger partial charge on any atom is 0.314 e. The van der Waals surface area contributed by atoms with Crippen LogP contribution >= 0.6 is 0 Å². The summed E-state index contributed by atoms with van der Waals surface area (Å²) >= 11 is 0. The van der Waals surface area contributed by atoms with Crippen molar-refractivity contribution in [1.29, 1.82) is 0 Å². The highest BCUT2D eigenvalue weighted by Crippen LogP contribution is 2.19. The Kier molecular flexibility index (Phi) is 5.51. The first-order valence-electron chi connectivity index (χ1n) is 8.56. The number of rotatable bonds is 6. The van der Waals surface area contributed by atoms with Gasteiger partial charge in [-0.3, -0.25) is 0 Å². The Balaban J connectivity index is 1.44. The molecule has 3 N–H and O–H groups in total. The van der Waals surface area contributed by atoms with E-state index in [1.807, 2.05) is 13.1 Å². The fraction of sp³-hybridized carbons (Fsp3) is 0.250. The molecule has 0 saturated carbocycles. The molecule has 4 nitrogen and oxygen atoms in total. The number of nitrogens with one attached hydrogen (secondary N) is 3. The highest BCUT2D eigenvalue weighted by atomic mass is 19.1. The largest absolute Gasteiger partial charge is 0.361 e. The number of benzene rings is 2. The first-order valence-corrected chi connectivity index (χ1v) is 8.56. The number of hydrogen-bond donors (Lipinski definition) is 3. The van der Waals surface area contributed by atoms with Crippen LogP contribution < -0.4 is 10.6 Å². The molecule has 0 aliphatic heterocycles. The second kappa shape index (κ2) is 7.99. The molecular weight excluding hydrogens is 336 g/mol. The minimum Gasteiger partial charge on any atom is -0.361 e. The van der Waals surface area contributed by atoms with Crippen molar-refractivity contribution in [3.05, 3.63) is 70.9 Å². The van der Waals surface area contributed by atoms with Crippen molar-refractivity contribution in [3.63, 3.8) is 0 Å². The summed E-state index contributed by atoms with van der Waals surface area (Å²) < 4.78 is 27.0. The van der Waals surface area contributed by atoms with Crippen molar-refractivity contribution in [2.24, 2.45) is 0 Å². The Morgan fingerprint density at radius 2 is 1.73 bits per heavy atom. The number of fused-ring (bicyclic) bond motifs is 1. The van der Waals surface area contributed by atoms with Crippen LogP contribution in [-0.2, 0) is 12.8 Å². The molecule has 136 valence electrons. The van der Waals surface area contributed by atoms with Crippen LogP contribution in [0.15, 0.2) is 42.6 Å². The fourth-order valence-electron chi connectivity index (χ4n) is 2.95. The molecular formula is C20H21F2N3O. The van der Waals surface area contributed by atoms with Gasteiger partial charge in [0, 0.05) is 35.8 Å². The van der Waals surface area contributed by atoms with Gasteiger partial charge in [-0.15, -0.1) is 0 Å². The third kappa shape index (κ3) is 4.20. The molecule has 26 heavy (non-hydrogen) atoms. The second-order valence-electron chi connectivity index (χ2n) is 6.25. The van der Waals surface area contributed by atoms with Crippen molar-refractivity contribution in [2.75, 3.05) is 13.1 Å². The van der Waals surface area contributed by atoms with E-state index in [4.69, 9.17) is 0 Å². The van der Waals surface area contributed by atoms with Crippen LogP contribution in [0.4, 0.5) is 13.6 Å². The summed E-state index contributed by atoms with van der Waals surface area (Å²) in [5.74, 6) is -1.19. The molecule has 3 rings (SSSR count). The Morgan fingerprint density at radius 3 is 2.46 bits per heavy atom. The SMILES string of the molecule is Cc1ccc2c(CCNC(=O)NCCc3c(F)cccc3F)c[nH]c2c1. The zero-order valence-electron chi connectivity index (χ0n) is 14.5. The lowest BCUT2D eigenvalue weighted by atomic mass is 10.1. The number of urea groups is 1. The van der Waals surface area contributed by atoms with Gasteiger partial charge in [0.05, 0.1) is 0 Å². The van der Waals surface area contributed by atoms with Crippen molar-refractivity contribution >= 4 is 16.9 Å². The molecule has 2 amide bonds. The van der Waals surface area contributed by atoms with E-state index in [9.17, 15) is 13.6 Å². The molecule has 1 heterocycles. The van der Waals surface area contributed by atoms with E-state index >= 15 is 0 Å². The summed E-state index contributed by atoms with van der Waals surface area (Å²) in [6.07, 6.45) is 2.75. The lowest BCUT2D eigenvalue weighted by Gasteiger charge is -2.08. The molecule has 0 spiro atoms. The number of aromatic nitrogens is 1. The molecule has 0 fully saturated rings. The molecule has 2 aromatic carbocycles. The second-order valence-corrected chi connectivity index (χ2v) is 6.25. The molecule has 6 heteroatoms. The van der Waals surface area contributed by atoms with Crippen LogP contribution in [0.25, 0.3) is 10.9 Å². The van der Waals surface area contributed by atoms with Crippen LogP contribution in [0.1, 0.15) is 16.7 Å². The van der Waals surface area contributed by atoms with Crippen LogP contribution in [0.3, 0.4) is 0 Å². The van der Waals surface area contributed by atoms with Crippen LogP contribution in [0, 0.1) is 18.6 Å². The number of amides is 2. The molecule has 0 aliphatic rings. The minimum absolute atomic E-state index is 0.0121. The van der Waals surface area contributed by atoms with Gasteiger partial charge >= 0.3 is 6.03 Å². The van der Waals surface area contributed by atoms with Crippen molar-refractivity contribution in [3.8, 4) is 0 Å². The van der Waals surface area contributed by atoms with Gasteiger partial charge in [-0.05, 0) is 49.1 Å². The summed E-state index contributed by atoms with van der Waals surface area (Å²) in [6.45, 7) is 2.68. The molecule has 0 bridgehead atoms. The standard InChI is InChI=1S/C20H21F2N3O/c1-13-5-6-15-14(12-25-19(15)11-13)7-9-23-20(26)24-10-8-16-17(21)3-2-4-18(16)22/h2-6,11-12,25H,7-10H2,1H3,(H2,23,24,26). The van der Waals surface area contributed by atoms with Gasteiger partial charge in [-0.2, -0.15) is 0 Å². The van der Waals surface area contributed by atoms with E-state index in [2.05, 4.69) is 33.8 Å². The number of hydrogen-bond acceptors (Lipinski definition) is 1. The minimum atomic E-state index is -0.596. The highest BCUT2D eigenvalue weighted by Gasteiger charge is 2.09. The predicted molar refractivity (Wildman–Crippen MR) is 98.2 cm³/mol. The first-order chi connectivity index (χ1) is 12.5. The molecule has 0 unspecified atom stereocenters. The third-order valence-corrected chi connectivity index (χ3v) is 4.33. The van der Waals surface area contributed by atoms with Gasteiger partial charge < -0.3 is 15.6 Å². The lowest BCUT2D eigenvalue weighted by molar-refractivity contribution is 0.241. The van der Waals surface area contributed by atoms with Gasteiger partial charge in [-0.1, -0.05) is 18.2 Å². The predicted octanol–water partition coefficient (Wildman–Crippen LogP) is 3.84. The molecule has 3 aromatic rings. The van der Waals surface area contributed by atoms with Crippen molar-refractivity contribution in [1.82, 2.24) is 15.6 Å². The fourth-order valence-corrected chi connectivity index (χ4v) is 2.95. The molecule has 0 atom stereocenters. The van der Waals surface area contributed by atoms with Crippen LogP contribution in [0.5, 0.6) is 0 Å². The van der Waals surface area contributed by atoms with Gasteiger partial charge in [0.25, 0.3) is 0 Å². The number of carbonyl (C=O) groups excluding carboxylic acids is 1. The number of halogens is 2. The summed E-state index contributed by atoms with van der Waals surface area (Å²) in [5, 5.41) is 6.53. The lowest BCUT2D eigenvalue weighted by Crippen LogP contribution is -2.37. The van der Waals surface area contributed by atoms with E-state index in [-0.39, 0.29) is 24.6 Å². The van der Waals surface area contributed by atoms with E-state index in [0.717, 1.165) is 16.5 Å². The molecule has 0 saturated heterocycles. The van der Waals surface area contributed by atoms with Crippen molar-refractivity contribution in [2.45, 2.75) is 19.8 Å². The van der Waals surface area contributed by atoms with Crippen molar-refractivity contribution < 1.29 is 13.6 Å². The monoisotopic (exact) mass is 357 g/mol. The Labute approximate surface area is 150 Å². The zero-order chi connectivity index (χ0) is 18.5. The highest BCUT2D eigenvalue weighted by molar-refractivity contribution is 5.83. The summed E-state index contributed by atoms with van der Waals surface area (Å²) in [5.41, 5.74) is 3.39. The summed E-state index contributed by atoms with van der Waals surface area (Å²) in [6, 6.07) is 9.60. The third-order valence-electron chi connectivity index (χ3n) is 4.33. The van der Waals surface area contributed by atoms with Gasteiger partial charge in [0.15, 0.2) is 0 Å². The number of aromatic amines is 1. The Morgan fingerprint density at radius 1 is 1.04 bits per heavy atom. The summed E-state index contributed by atoms with van der Waals surface area (Å²) in [7, 11) is 0. The van der Waals surface area contributed by atoms with Crippen LogP contribution in [-0.4, -0.2) is 24.1 Å².